The molecular formula is C32H38N4O6S. The maximum atomic E-state index is 14.1. The summed E-state index contributed by atoms with van der Waals surface area (Å²) in [5.74, 6) is -0.113. The van der Waals surface area contributed by atoms with Gasteiger partial charge in [-0.2, -0.15) is 8.42 Å². The fourth-order valence-electron chi connectivity index (χ4n) is 6.60. The van der Waals surface area contributed by atoms with Gasteiger partial charge >= 0.3 is 0 Å². The van der Waals surface area contributed by atoms with Crippen LogP contribution in [0.4, 0.5) is 5.69 Å². The number of benzene rings is 2. The molecule has 43 heavy (non-hydrogen) atoms. The number of ketones is 2. The van der Waals surface area contributed by atoms with Crippen molar-refractivity contribution in [3.05, 3.63) is 70.6 Å². The number of carbonyl (C=O) groups is 2. The van der Waals surface area contributed by atoms with Gasteiger partial charge in [-0.3, -0.25) is 9.59 Å². The fraction of sp³-hybridized carbons (Fsp3) is 0.406. The lowest BCUT2D eigenvalue weighted by Crippen LogP contribution is -2.44. The summed E-state index contributed by atoms with van der Waals surface area (Å²) in [6.07, 6.45) is 1.83. The molecular weight excluding hydrogens is 568 g/mol. The maximum absolute atomic E-state index is 14.1. The van der Waals surface area contributed by atoms with Crippen molar-refractivity contribution in [2.24, 2.45) is 26.7 Å². The van der Waals surface area contributed by atoms with Gasteiger partial charge in [-0.05, 0) is 65.6 Å². The molecule has 5 rings (SSSR count). The maximum Gasteiger partial charge on any atom is 0.285 e. The van der Waals surface area contributed by atoms with Gasteiger partial charge in [0.05, 0.1) is 19.1 Å². The van der Waals surface area contributed by atoms with Crippen LogP contribution >= 0.6 is 0 Å². The minimum atomic E-state index is -4.10. The Balaban J connectivity index is 1.78. The average molecular weight is 607 g/mol. The summed E-state index contributed by atoms with van der Waals surface area (Å²) in [4.78, 5) is 30.1. The van der Waals surface area contributed by atoms with Crippen LogP contribution < -0.4 is 25.8 Å². The van der Waals surface area contributed by atoms with E-state index in [0.717, 1.165) is 17.0 Å². The number of anilines is 1. The second-order valence-corrected chi connectivity index (χ2v) is 14.6. The predicted octanol–water partition coefficient (Wildman–Crippen LogP) is 4.56. The number of methoxy groups -OCH3 is 2. The smallest absolute Gasteiger partial charge is 0.285 e. The number of nitrogens with two attached hydrogens (primary N) is 2. The van der Waals surface area contributed by atoms with Crippen molar-refractivity contribution in [2.45, 2.75) is 64.2 Å². The van der Waals surface area contributed by atoms with E-state index in [-0.39, 0.29) is 27.3 Å². The third-order valence-corrected chi connectivity index (χ3v) is 9.59. The van der Waals surface area contributed by atoms with Crippen molar-refractivity contribution in [3.8, 4) is 11.5 Å². The molecule has 0 fully saturated rings. The summed E-state index contributed by atoms with van der Waals surface area (Å²) in [5, 5.41) is 0. The SMILES string of the molecule is COc1ccc(C2C3=C(CC(C)(C)CC3=O)N(c3ccc(S(=O)(=O)N=C(N)N)cc3)C3=C2C(=O)CC(C)(C)C3)cc1OC. The van der Waals surface area contributed by atoms with Gasteiger partial charge in [0.25, 0.3) is 10.0 Å². The lowest BCUT2D eigenvalue weighted by atomic mass is 9.63. The normalized spacial score (nSPS) is 20.0. The van der Waals surface area contributed by atoms with Gasteiger partial charge in [0.1, 0.15) is 0 Å². The fourth-order valence-corrected chi connectivity index (χ4v) is 7.46. The Morgan fingerprint density at radius 1 is 0.814 bits per heavy atom. The predicted molar refractivity (Wildman–Crippen MR) is 164 cm³/mol. The Bertz CT molecular complexity index is 1660. The van der Waals surface area contributed by atoms with Crippen LogP contribution in [-0.2, 0) is 19.6 Å². The van der Waals surface area contributed by atoms with Crippen LogP contribution in [0.2, 0.25) is 0 Å². The Kier molecular flexibility index (Phi) is 7.44. The van der Waals surface area contributed by atoms with Gasteiger partial charge in [-0.25, -0.2) is 0 Å². The standard InChI is InChI=1S/C32H38N4O6S/c1-31(2)14-21-28(23(37)16-31)27(18-7-12-25(41-5)26(13-18)42-6)29-22(15-32(3,4)17-24(29)38)36(21)19-8-10-20(11-9-19)43(39,40)35-30(33)34/h7-13,27H,14-17H2,1-6H3,(H4,33,34,35). The van der Waals surface area contributed by atoms with Gasteiger partial charge in [0.2, 0.25) is 5.96 Å². The lowest BCUT2D eigenvalue weighted by molar-refractivity contribution is -0.119. The number of hydrogen-bond donors (Lipinski definition) is 2. The molecule has 10 nitrogen and oxygen atoms in total. The Morgan fingerprint density at radius 2 is 1.33 bits per heavy atom. The molecule has 0 radical (unpaired) electrons. The van der Waals surface area contributed by atoms with E-state index in [2.05, 4.69) is 32.1 Å². The van der Waals surface area contributed by atoms with Crippen LogP contribution in [0.3, 0.4) is 0 Å². The quantitative estimate of drug-likeness (QED) is 0.356. The van der Waals surface area contributed by atoms with Crippen LogP contribution in [0.5, 0.6) is 11.5 Å². The summed E-state index contributed by atoms with van der Waals surface area (Å²) in [7, 11) is -0.986. The third kappa shape index (κ3) is 5.53. The Hall–Kier alpha value is -4.12. The van der Waals surface area contributed by atoms with Gasteiger partial charge < -0.3 is 25.8 Å². The van der Waals surface area contributed by atoms with Crippen molar-refractivity contribution in [1.29, 1.82) is 0 Å². The number of sulfonamides is 1. The highest BCUT2D eigenvalue weighted by atomic mass is 32.2. The summed E-state index contributed by atoms with van der Waals surface area (Å²) in [6.45, 7) is 8.23. The molecule has 0 unspecified atom stereocenters. The molecule has 4 N–H and O–H groups in total. The zero-order chi connectivity index (χ0) is 31.5. The van der Waals surface area contributed by atoms with Gasteiger partial charge in [0, 0.05) is 47.0 Å². The zero-order valence-corrected chi connectivity index (χ0v) is 26.2. The molecule has 0 saturated heterocycles. The number of allylic oxidation sites excluding steroid dienone is 4. The number of ether oxygens (including phenoxy) is 2. The second-order valence-electron chi connectivity index (χ2n) is 13.0. The van der Waals surface area contributed by atoms with E-state index in [0.29, 0.717) is 54.0 Å². The molecule has 0 aromatic heterocycles. The molecule has 0 spiro atoms. The first kappa shape index (κ1) is 30.3. The number of hydrogen-bond acceptors (Lipinski definition) is 7. The molecule has 0 saturated carbocycles. The van der Waals surface area contributed by atoms with Crippen molar-refractivity contribution < 1.29 is 27.5 Å². The largest absolute Gasteiger partial charge is 0.493 e. The Morgan fingerprint density at radius 3 is 1.79 bits per heavy atom. The Labute approximate surface area is 252 Å². The molecule has 2 aromatic carbocycles. The second kappa shape index (κ2) is 10.6. The van der Waals surface area contributed by atoms with E-state index in [4.69, 9.17) is 20.9 Å². The molecule has 2 aromatic rings. The topological polar surface area (TPSA) is 154 Å². The zero-order valence-electron chi connectivity index (χ0n) is 25.4. The minimum absolute atomic E-state index is 0.0211. The molecule has 1 heterocycles. The highest BCUT2D eigenvalue weighted by molar-refractivity contribution is 7.90. The number of rotatable bonds is 6. The molecule has 11 heteroatoms. The highest BCUT2D eigenvalue weighted by Gasteiger charge is 2.49. The van der Waals surface area contributed by atoms with E-state index >= 15 is 0 Å². The lowest BCUT2D eigenvalue weighted by Gasteiger charge is -2.49. The van der Waals surface area contributed by atoms with Gasteiger partial charge in [-0.1, -0.05) is 33.8 Å². The number of carbonyl (C=O) groups excluding carboxylic acids is 2. The molecule has 3 aliphatic rings. The van der Waals surface area contributed by atoms with E-state index in [1.165, 1.54) is 12.1 Å². The van der Waals surface area contributed by atoms with Crippen molar-refractivity contribution in [2.75, 3.05) is 19.1 Å². The van der Waals surface area contributed by atoms with E-state index in [1.54, 1.807) is 32.4 Å². The molecule has 0 atom stereocenters. The van der Waals surface area contributed by atoms with E-state index in [1.807, 2.05) is 17.0 Å². The summed E-state index contributed by atoms with van der Waals surface area (Å²) >= 11 is 0. The molecule has 0 amide bonds. The average Bonchev–Trinajstić information content (AvgIpc) is 2.89. The molecule has 0 bridgehead atoms. The highest BCUT2D eigenvalue weighted by Crippen LogP contribution is 2.56. The minimum Gasteiger partial charge on any atom is -0.493 e. The van der Waals surface area contributed by atoms with Crippen molar-refractivity contribution in [3.63, 3.8) is 0 Å². The molecule has 228 valence electrons. The first-order valence-corrected chi connectivity index (χ1v) is 15.5. The first-order valence-electron chi connectivity index (χ1n) is 14.1. The summed E-state index contributed by atoms with van der Waals surface area (Å²) in [5.41, 5.74) is 14.2. The monoisotopic (exact) mass is 606 g/mol. The van der Waals surface area contributed by atoms with E-state index < -0.39 is 21.9 Å². The third-order valence-electron chi connectivity index (χ3n) is 8.27. The van der Waals surface area contributed by atoms with Crippen LogP contribution in [-0.4, -0.2) is 40.2 Å². The first-order chi connectivity index (χ1) is 20.1. The van der Waals surface area contributed by atoms with Crippen LogP contribution in [0.1, 0.15) is 64.9 Å². The van der Waals surface area contributed by atoms with Gasteiger partial charge in [-0.15, -0.1) is 4.40 Å². The van der Waals surface area contributed by atoms with Crippen LogP contribution in [0.15, 0.2) is 74.3 Å². The van der Waals surface area contributed by atoms with Crippen molar-refractivity contribution >= 4 is 33.2 Å². The van der Waals surface area contributed by atoms with E-state index in [9.17, 15) is 18.0 Å². The van der Waals surface area contributed by atoms with Crippen LogP contribution in [0, 0.1) is 10.8 Å². The molecule has 1 aliphatic heterocycles. The van der Waals surface area contributed by atoms with Crippen molar-refractivity contribution in [1.82, 2.24) is 0 Å². The molecule has 2 aliphatic carbocycles. The number of nitrogens with zero attached hydrogens (tertiary/aromatic N) is 2. The summed E-state index contributed by atoms with van der Waals surface area (Å²) < 4.78 is 39.8. The number of guanidine groups is 1. The number of Topliss-reactive ketones (excluding diaryl/α,β-unsaturated/α-hetero) is 2. The van der Waals surface area contributed by atoms with Gasteiger partial charge in [0.15, 0.2) is 23.1 Å². The summed E-state index contributed by atoms with van der Waals surface area (Å²) in [6, 6.07) is 11.7. The van der Waals surface area contributed by atoms with Crippen LogP contribution in [0.25, 0.3) is 0 Å².